The van der Waals surface area contributed by atoms with Crippen molar-refractivity contribution >= 4 is 11.4 Å². The smallest absolute Gasteiger partial charge is 0.149 e. The van der Waals surface area contributed by atoms with Crippen molar-refractivity contribution in [1.82, 2.24) is 15.0 Å². The van der Waals surface area contributed by atoms with E-state index in [1.54, 1.807) is 6.92 Å². The Kier molecular flexibility index (Phi) is 2.82. The Morgan fingerprint density at radius 2 is 2.12 bits per heavy atom. The predicted molar refractivity (Wildman–Crippen MR) is 64.3 cm³/mol. The predicted octanol–water partition coefficient (Wildman–Crippen LogP) is 2.29. The summed E-state index contributed by atoms with van der Waals surface area (Å²) in [5, 5.41) is 0. The monoisotopic (exact) mass is 230 g/mol. The van der Waals surface area contributed by atoms with Crippen molar-refractivity contribution in [3.05, 3.63) is 42.7 Å². The summed E-state index contributed by atoms with van der Waals surface area (Å²) >= 11 is 0. The molecule has 0 aromatic carbocycles. The molecule has 0 unspecified atom stereocenters. The van der Waals surface area contributed by atoms with Crippen molar-refractivity contribution in [2.45, 2.75) is 6.92 Å². The summed E-state index contributed by atoms with van der Waals surface area (Å²) in [7, 11) is 0. The minimum atomic E-state index is -0.419. The van der Waals surface area contributed by atoms with E-state index in [0.717, 1.165) is 6.20 Å². The average molecular weight is 230 g/mol. The van der Waals surface area contributed by atoms with E-state index < -0.39 is 5.82 Å². The van der Waals surface area contributed by atoms with Gasteiger partial charge in [0.1, 0.15) is 17.3 Å². The summed E-state index contributed by atoms with van der Waals surface area (Å²) in [6.07, 6.45) is 4.14. The lowest BCUT2D eigenvalue weighted by Gasteiger charge is -2.06. The van der Waals surface area contributed by atoms with E-state index >= 15 is 0 Å². The number of hydrogen-bond acceptors (Lipinski definition) is 4. The largest absolute Gasteiger partial charge is 0.382 e. The highest BCUT2D eigenvalue weighted by atomic mass is 19.1. The van der Waals surface area contributed by atoms with E-state index in [0.29, 0.717) is 28.3 Å². The number of aromatic nitrogens is 3. The van der Waals surface area contributed by atoms with Crippen molar-refractivity contribution in [3.8, 4) is 11.3 Å². The molecule has 0 saturated heterocycles. The molecule has 0 aliphatic heterocycles. The van der Waals surface area contributed by atoms with Crippen LogP contribution >= 0.6 is 0 Å². The van der Waals surface area contributed by atoms with Crippen LogP contribution in [-0.4, -0.2) is 15.0 Å². The van der Waals surface area contributed by atoms with Gasteiger partial charge < -0.3 is 5.73 Å². The second-order valence-electron chi connectivity index (χ2n) is 3.66. The molecule has 4 nitrogen and oxygen atoms in total. The number of pyridine rings is 1. The molecule has 0 saturated carbocycles. The Morgan fingerprint density at radius 3 is 2.76 bits per heavy atom. The third-order valence-corrected chi connectivity index (χ3v) is 2.21. The zero-order valence-corrected chi connectivity index (χ0v) is 9.31. The summed E-state index contributed by atoms with van der Waals surface area (Å²) in [4.78, 5) is 12.1. The molecular weight excluding hydrogens is 219 g/mol. The first-order valence-corrected chi connectivity index (χ1v) is 4.97. The van der Waals surface area contributed by atoms with E-state index in [4.69, 9.17) is 5.73 Å². The minimum Gasteiger partial charge on any atom is -0.382 e. The number of rotatable bonds is 2. The molecule has 86 valence electrons. The van der Waals surface area contributed by atoms with Crippen LogP contribution < -0.4 is 5.73 Å². The Balaban J connectivity index is 2.54. The molecule has 2 N–H and O–H groups in total. The summed E-state index contributed by atoms with van der Waals surface area (Å²) < 4.78 is 13.0. The molecule has 0 spiro atoms. The van der Waals surface area contributed by atoms with E-state index in [-0.39, 0.29) is 0 Å². The summed E-state index contributed by atoms with van der Waals surface area (Å²) in [6, 6.07) is 1.34. The first kappa shape index (κ1) is 11.2. The molecule has 0 bridgehead atoms. The maximum atomic E-state index is 13.0. The fraction of sp³-hybridized carbons (Fsp3) is 0.0833. The quantitative estimate of drug-likeness (QED) is 0.859. The average Bonchev–Trinajstić information content (AvgIpc) is 2.29. The van der Waals surface area contributed by atoms with Crippen LogP contribution in [0.15, 0.2) is 31.2 Å². The zero-order chi connectivity index (χ0) is 12.4. The lowest BCUT2D eigenvalue weighted by atomic mass is 10.2. The van der Waals surface area contributed by atoms with Crippen LogP contribution in [0.2, 0.25) is 0 Å². The molecule has 2 aromatic rings. The van der Waals surface area contributed by atoms with Crippen molar-refractivity contribution in [2.75, 3.05) is 5.73 Å². The Morgan fingerprint density at radius 1 is 1.35 bits per heavy atom. The van der Waals surface area contributed by atoms with E-state index in [9.17, 15) is 4.39 Å². The lowest BCUT2D eigenvalue weighted by Crippen LogP contribution is -2.00. The lowest BCUT2D eigenvalue weighted by molar-refractivity contribution is 0.622. The third kappa shape index (κ3) is 2.28. The van der Waals surface area contributed by atoms with Gasteiger partial charge in [0.2, 0.25) is 0 Å². The van der Waals surface area contributed by atoms with Crippen LogP contribution in [0.4, 0.5) is 10.2 Å². The number of nitrogen functional groups attached to an aromatic ring is 1. The van der Waals surface area contributed by atoms with Crippen molar-refractivity contribution in [2.24, 2.45) is 0 Å². The minimum absolute atomic E-state index is 0.311. The highest BCUT2D eigenvalue weighted by Gasteiger charge is 2.08. The summed E-state index contributed by atoms with van der Waals surface area (Å²) in [5.41, 5.74) is 7.98. The highest BCUT2D eigenvalue weighted by Crippen LogP contribution is 2.21. The summed E-state index contributed by atoms with van der Waals surface area (Å²) in [5.74, 6) is -0.108. The second-order valence-corrected chi connectivity index (χ2v) is 3.66. The molecule has 0 aliphatic rings. The summed E-state index contributed by atoms with van der Waals surface area (Å²) in [6.45, 7) is 5.55. The molecule has 0 aliphatic carbocycles. The molecule has 17 heavy (non-hydrogen) atoms. The fourth-order valence-corrected chi connectivity index (χ4v) is 1.40. The van der Waals surface area contributed by atoms with Crippen molar-refractivity contribution in [1.29, 1.82) is 0 Å². The van der Waals surface area contributed by atoms with Gasteiger partial charge in [-0.1, -0.05) is 6.58 Å². The molecule has 0 amide bonds. The molecular formula is C12H11FN4. The highest BCUT2D eigenvalue weighted by molar-refractivity contribution is 5.69. The third-order valence-electron chi connectivity index (χ3n) is 2.21. The zero-order valence-electron chi connectivity index (χ0n) is 9.31. The number of anilines is 1. The van der Waals surface area contributed by atoms with E-state index in [1.807, 2.05) is 0 Å². The van der Waals surface area contributed by atoms with Gasteiger partial charge in [-0.05, 0) is 18.6 Å². The van der Waals surface area contributed by atoms with Crippen LogP contribution in [-0.2, 0) is 0 Å². The van der Waals surface area contributed by atoms with Gasteiger partial charge in [0.25, 0.3) is 0 Å². The maximum absolute atomic E-state index is 13.0. The van der Waals surface area contributed by atoms with Crippen LogP contribution in [0.25, 0.3) is 16.8 Å². The van der Waals surface area contributed by atoms with Gasteiger partial charge in [-0.25, -0.2) is 14.4 Å². The first-order chi connectivity index (χ1) is 8.08. The number of allylic oxidation sites excluding steroid dienone is 1. The Labute approximate surface area is 98.1 Å². The molecule has 0 radical (unpaired) electrons. The molecule has 2 heterocycles. The van der Waals surface area contributed by atoms with Gasteiger partial charge in [0, 0.05) is 11.8 Å². The van der Waals surface area contributed by atoms with Crippen LogP contribution in [0, 0.1) is 5.82 Å². The van der Waals surface area contributed by atoms with Crippen LogP contribution in [0.3, 0.4) is 0 Å². The molecule has 2 aromatic heterocycles. The van der Waals surface area contributed by atoms with Gasteiger partial charge in [0.05, 0.1) is 18.1 Å². The molecule has 5 heteroatoms. The normalized spacial score (nSPS) is 10.2. The van der Waals surface area contributed by atoms with E-state index in [2.05, 4.69) is 21.5 Å². The van der Waals surface area contributed by atoms with Crippen LogP contribution in [0.1, 0.15) is 12.6 Å². The van der Waals surface area contributed by atoms with Crippen molar-refractivity contribution in [3.63, 3.8) is 0 Å². The fourth-order valence-electron chi connectivity index (χ4n) is 1.40. The maximum Gasteiger partial charge on any atom is 0.149 e. The standard InChI is InChI=1S/C12H11FN4/c1-7(2)11-12(14)16-6-10(17-11)8-3-9(13)5-15-4-8/h3-6H,1H2,2H3,(H2,14,16). The SMILES string of the molecule is C=C(C)c1nc(-c2cncc(F)c2)cnc1N. The number of halogens is 1. The Bertz CT molecular complexity index is 580. The van der Waals surface area contributed by atoms with Gasteiger partial charge >= 0.3 is 0 Å². The topological polar surface area (TPSA) is 64.7 Å². The number of nitrogens with zero attached hydrogens (tertiary/aromatic N) is 3. The van der Waals surface area contributed by atoms with E-state index in [1.165, 1.54) is 18.5 Å². The van der Waals surface area contributed by atoms with Crippen molar-refractivity contribution < 1.29 is 4.39 Å². The van der Waals surface area contributed by atoms with Gasteiger partial charge in [-0.3, -0.25) is 4.98 Å². The van der Waals surface area contributed by atoms with Gasteiger partial charge in [-0.2, -0.15) is 0 Å². The molecule has 0 fully saturated rings. The number of nitrogens with two attached hydrogens (primary N) is 1. The van der Waals surface area contributed by atoms with Crippen LogP contribution in [0.5, 0.6) is 0 Å². The number of hydrogen-bond donors (Lipinski definition) is 1. The first-order valence-electron chi connectivity index (χ1n) is 4.97. The van der Waals surface area contributed by atoms with Gasteiger partial charge in [-0.15, -0.1) is 0 Å². The Hall–Kier alpha value is -2.30. The molecule has 2 rings (SSSR count). The second kappa shape index (κ2) is 4.29. The molecule has 0 atom stereocenters. The van der Waals surface area contributed by atoms with Gasteiger partial charge in [0.15, 0.2) is 0 Å².